The van der Waals surface area contributed by atoms with Gasteiger partial charge in [-0.25, -0.2) is 0 Å². The van der Waals surface area contributed by atoms with E-state index in [-0.39, 0.29) is 18.4 Å². The van der Waals surface area contributed by atoms with E-state index in [9.17, 15) is 9.59 Å². The molecule has 0 aliphatic heterocycles. The largest absolute Gasteiger partial charge is 0.481 e. The molecule has 120 valence electrons. The number of nitrogens with one attached hydrogen (secondary N) is 1. The second-order valence-electron chi connectivity index (χ2n) is 5.64. The molecule has 0 saturated carbocycles. The van der Waals surface area contributed by atoms with E-state index in [4.69, 9.17) is 5.11 Å². The highest BCUT2D eigenvalue weighted by Gasteiger charge is 2.12. The summed E-state index contributed by atoms with van der Waals surface area (Å²) in [4.78, 5) is 27.0. The Balaban J connectivity index is 2.10. The fourth-order valence-electron chi connectivity index (χ4n) is 2.27. The molecular formula is C18H20N2O3. The van der Waals surface area contributed by atoms with Crippen molar-refractivity contribution in [1.82, 2.24) is 10.3 Å². The van der Waals surface area contributed by atoms with E-state index >= 15 is 0 Å². The molecule has 0 aliphatic carbocycles. The molecule has 1 amide bonds. The lowest BCUT2D eigenvalue weighted by Gasteiger charge is -2.13. The highest BCUT2D eigenvalue weighted by Crippen LogP contribution is 2.20. The number of benzene rings is 1. The molecule has 1 heterocycles. The zero-order valence-corrected chi connectivity index (χ0v) is 13.2. The van der Waals surface area contributed by atoms with Crippen molar-refractivity contribution in [2.45, 2.75) is 32.7 Å². The smallest absolute Gasteiger partial charge is 0.303 e. The summed E-state index contributed by atoms with van der Waals surface area (Å²) < 4.78 is 0. The van der Waals surface area contributed by atoms with Crippen molar-refractivity contribution in [3.05, 3.63) is 53.9 Å². The van der Waals surface area contributed by atoms with Crippen molar-refractivity contribution in [3.63, 3.8) is 0 Å². The molecular weight excluding hydrogens is 292 g/mol. The van der Waals surface area contributed by atoms with Gasteiger partial charge in [0.05, 0.1) is 5.56 Å². The van der Waals surface area contributed by atoms with Crippen LogP contribution in [-0.2, 0) is 4.79 Å². The van der Waals surface area contributed by atoms with Crippen LogP contribution in [0.4, 0.5) is 0 Å². The summed E-state index contributed by atoms with van der Waals surface area (Å²) in [7, 11) is 0. The average molecular weight is 312 g/mol. The summed E-state index contributed by atoms with van der Waals surface area (Å²) in [5, 5.41) is 11.5. The van der Waals surface area contributed by atoms with E-state index in [0.29, 0.717) is 12.0 Å². The average Bonchev–Trinajstić information content (AvgIpc) is 2.53. The minimum absolute atomic E-state index is 0.0308. The van der Waals surface area contributed by atoms with E-state index in [1.165, 1.54) is 6.20 Å². The molecule has 1 atom stereocenters. The maximum absolute atomic E-state index is 12.3. The van der Waals surface area contributed by atoms with Gasteiger partial charge in [-0.3, -0.25) is 14.6 Å². The van der Waals surface area contributed by atoms with Crippen LogP contribution >= 0.6 is 0 Å². The number of amides is 1. The van der Waals surface area contributed by atoms with Gasteiger partial charge in [-0.2, -0.15) is 0 Å². The fourth-order valence-corrected chi connectivity index (χ4v) is 2.27. The van der Waals surface area contributed by atoms with Gasteiger partial charge < -0.3 is 10.4 Å². The molecule has 2 rings (SSSR count). The number of rotatable bonds is 6. The number of aliphatic carboxylic acids is 1. The Morgan fingerprint density at radius 1 is 1.22 bits per heavy atom. The fraction of sp³-hybridized carbons (Fsp3) is 0.278. The summed E-state index contributed by atoms with van der Waals surface area (Å²) in [6, 6.07) is 9.57. The number of carboxylic acids is 1. The van der Waals surface area contributed by atoms with Crippen LogP contribution < -0.4 is 5.32 Å². The van der Waals surface area contributed by atoms with Crippen molar-refractivity contribution in [3.8, 4) is 11.1 Å². The Bertz CT molecular complexity index is 713. The SMILES string of the molecule is Cc1cccc(-c2cncc(C(=O)NC(C)CCC(=O)O)c2)c1. The first kappa shape index (κ1) is 16.7. The van der Waals surface area contributed by atoms with Crippen LogP contribution in [0, 0.1) is 6.92 Å². The third-order valence-electron chi connectivity index (χ3n) is 3.52. The number of aryl methyl sites for hydroxylation is 1. The Labute approximate surface area is 135 Å². The quantitative estimate of drug-likeness (QED) is 0.859. The first-order valence-corrected chi connectivity index (χ1v) is 7.50. The molecule has 1 aromatic carbocycles. The van der Waals surface area contributed by atoms with Crippen LogP contribution in [0.25, 0.3) is 11.1 Å². The maximum Gasteiger partial charge on any atom is 0.303 e. The minimum atomic E-state index is -0.866. The van der Waals surface area contributed by atoms with Crippen LogP contribution in [0.2, 0.25) is 0 Å². The second-order valence-corrected chi connectivity index (χ2v) is 5.64. The number of carbonyl (C=O) groups is 2. The summed E-state index contributed by atoms with van der Waals surface area (Å²) in [5.74, 6) is -1.11. The van der Waals surface area contributed by atoms with Gasteiger partial charge in [0, 0.05) is 30.4 Å². The first-order chi connectivity index (χ1) is 11.0. The lowest BCUT2D eigenvalue weighted by atomic mass is 10.0. The normalized spacial score (nSPS) is 11.7. The highest BCUT2D eigenvalue weighted by atomic mass is 16.4. The van der Waals surface area contributed by atoms with Crippen LogP contribution in [0.3, 0.4) is 0 Å². The molecule has 1 aromatic heterocycles. The molecule has 0 bridgehead atoms. The van der Waals surface area contributed by atoms with Gasteiger partial charge in [0.15, 0.2) is 0 Å². The van der Waals surface area contributed by atoms with Crippen LogP contribution in [0.1, 0.15) is 35.7 Å². The predicted octanol–water partition coefficient (Wildman–Crippen LogP) is 3.04. The third-order valence-corrected chi connectivity index (χ3v) is 3.52. The van der Waals surface area contributed by atoms with E-state index in [2.05, 4.69) is 10.3 Å². The molecule has 5 heteroatoms. The van der Waals surface area contributed by atoms with Gasteiger partial charge in [-0.05, 0) is 31.9 Å². The van der Waals surface area contributed by atoms with Crippen LogP contribution in [0.15, 0.2) is 42.7 Å². The molecule has 2 N–H and O–H groups in total. The van der Waals surface area contributed by atoms with E-state index < -0.39 is 5.97 Å². The molecule has 0 spiro atoms. The summed E-state index contributed by atoms with van der Waals surface area (Å²) >= 11 is 0. The first-order valence-electron chi connectivity index (χ1n) is 7.50. The van der Waals surface area contributed by atoms with Crippen molar-refractivity contribution in [2.75, 3.05) is 0 Å². The monoisotopic (exact) mass is 312 g/mol. The Kier molecular flexibility index (Phi) is 5.46. The zero-order chi connectivity index (χ0) is 16.8. The Morgan fingerprint density at radius 3 is 2.70 bits per heavy atom. The second kappa shape index (κ2) is 7.54. The van der Waals surface area contributed by atoms with Gasteiger partial charge in [0.2, 0.25) is 0 Å². The number of hydrogen-bond donors (Lipinski definition) is 2. The molecule has 5 nitrogen and oxygen atoms in total. The van der Waals surface area contributed by atoms with Crippen molar-refractivity contribution >= 4 is 11.9 Å². The van der Waals surface area contributed by atoms with E-state index in [1.807, 2.05) is 31.2 Å². The minimum Gasteiger partial charge on any atom is -0.481 e. The maximum atomic E-state index is 12.3. The van der Waals surface area contributed by atoms with Crippen molar-refractivity contribution < 1.29 is 14.7 Å². The molecule has 0 aliphatic rings. The highest BCUT2D eigenvalue weighted by molar-refractivity contribution is 5.95. The summed E-state index contributed by atoms with van der Waals surface area (Å²) in [5.41, 5.74) is 3.48. The number of pyridine rings is 1. The molecule has 1 unspecified atom stereocenters. The Morgan fingerprint density at radius 2 is 2.00 bits per heavy atom. The Hall–Kier alpha value is -2.69. The summed E-state index contributed by atoms with van der Waals surface area (Å²) in [6.45, 7) is 3.80. The molecule has 0 radical (unpaired) electrons. The number of nitrogens with zero attached hydrogens (tertiary/aromatic N) is 1. The standard InChI is InChI=1S/C18H20N2O3/c1-12-4-3-5-14(8-12)15-9-16(11-19-10-15)18(23)20-13(2)6-7-17(21)22/h3-5,8-11,13H,6-7H2,1-2H3,(H,20,23)(H,21,22). The zero-order valence-electron chi connectivity index (χ0n) is 13.2. The number of hydrogen-bond acceptors (Lipinski definition) is 3. The van der Waals surface area contributed by atoms with Gasteiger partial charge in [0.1, 0.15) is 0 Å². The van der Waals surface area contributed by atoms with Gasteiger partial charge in [-0.15, -0.1) is 0 Å². The lowest BCUT2D eigenvalue weighted by molar-refractivity contribution is -0.137. The van der Waals surface area contributed by atoms with Crippen molar-refractivity contribution in [2.24, 2.45) is 0 Å². The van der Waals surface area contributed by atoms with Crippen LogP contribution in [-0.4, -0.2) is 28.0 Å². The van der Waals surface area contributed by atoms with E-state index in [1.54, 1.807) is 19.2 Å². The molecule has 0 saturated heterocycles. The topological polar surface area (TPSA) is 79.3 Å². The molecule has 0 fully saturated rings. The number of carboxylic acid groups (broad SMARTS) is 1. The lowest BCUT2D eigenvalue weighted by Crippen LogP contribution is -2.33. The number of aromatic nitrogens is 1. The van der Waals surface area contributed by atoms with Gasteiger partial charge >= 0.3 is 5.97 Å². The van der Waals surface area contributed by atoms with Gasteiger partial charge in [-0.1, -0.05) is 29.8 Å². The van der Waals surface area contributed by atoms with Crippen LogP contribution in [0.5, 0.6) is 0 Å². The van der Waals surface area contributed by atoms with Crippen molar-refractivity contribution in [1.29, 1.82) is 0 Å². The number of carbonyl (C=O) groups excluding carboxylic acids is 1. The molecule has 2 aromatic rings. The predicted molar refractivity (Wildman–Crippen MR) is 88.2 cm³/mol. The van der Waals surface area contributed by atoms with Gasteiger partial charge in [0.25, 0.3) is 5.91 Å². The third kappa shape index (κ3) is 4.92. The summed E-state index contributed by atoms with van der Waals surface area (Å²) in [6.07, 6.45) is 3.66. The van der Waals surface area contributed by atoms with E-state index in [0.717, 1.165) is 16.7 Å². The molecule has 23 heavy (non-hydrogen) atoms.